The smallest absolute Gasteiger partial charge is 0.0500 e. The number of allylic oxidation sites excluding steroid dienone is 3. The maximum absolute atomic E-state index is 4.01. The van der Waals surface area contributed by atoms with E-state index in [0.29, 0.717) is 0 Å². The molecule has 0 saturated carbocycles. The number of aryl methyl sites for hydroxylation is 3. The van der Waals surface area contributed by atoms with Gasteiger partial charge in [-0.05, 0) is 98.2 Å². The molecule has 0 amide bonds. The summed E-state index contributed by atoms with van der Waals surface area (Å²) >= 11 is 0. The zero-order valence-electron chi connectivity index (χ0n) is 25.6. The van der Waals surface area contributed by atoms with Gasteiger partial charge in [0.2, 0.25) is 0 Å². The highest BCUT2D eigenvalue weighted by atomic mass is 15.2. The van der Waals surface area contributed by atoms with Crippen molar-refractivity contribution in [3.05, 3.63) is 168 Å². The molecule has 0 N–H and O–H groups in total. The molecule has 5 aromatic rings. The van der Waals surface area contributed by atoms with Crippen molar-refractivity contribution in [1.29, 1.82) is 0 Å². The minimum atomic E-state index is -0.0529. The minimum Gasteiger partial charge on any atom is -0.313 e. The molecule has 1 aliphatic rings. The van der Waals surface area contributed by atoms with Gasteiger partial charge in [0.15, 0.2) is 0 Å². The molecule has 0 radical (unpaired) electrons. The standard InChI is InChI=1S/C27H27N.C14H14/c1-5-19-27(4)24-9-7-8-10-25(24)28(26(27)6-2)23-17-15-22(16-18-23)21-13-11-20(3)12-14-21;1-11-7-3-5-9-13(11)14-10-6-4-8-12(14)2/h5-18H,1,19H2,2-4H3;3-10H,1-2H3/b26-6+;. The summed E-state index contributed by atoms with van der Waals surface area (Å²) in [5.41, 5.74) is 14.2. The number of hydrogen-bond donors (Lipinski definition) is 0. The summed E-state index contributed by atoms with van der Waals surface area (Å²) in [5, 5.41) is 0. The zero-order chi connectivity index (χ0) is 29.7. The maximum atomic E-state index is 4.01. The molecule has 0 aliphatic carbocycles. The van der Waals surface area contributed by atoms with E-state index in [-0.39, 0.29) is 5.41 Å². The first-order chi connectivity index (χ1) is 20.4. The fraction of sp³-hybridized carbons (Fsp3) is 0.171. The van der Waals surface area contributed by atoms with Crippen LogP contribution in [0.5, 0.6) is 0 Å². The molecule has 1 unspecified atom stereocenters. The molecule has 1 nitrogen and oxygen atoms in total. The van der Waals surface area contributed by atoms with Gasteiger partial charge < -0.3 is 4.90 Å². The van der Waals surface area contributed by atoms with Crippen molar-refractivity contribution < 1.29 is 0 Å². The molecule has 0 spiro atoms. The van der Waals surface area contributed by atoms with Crippen LogP contribution in [0.3, 0.4) is 0 Å². The van der Waals surface area contributed by atoms with E-state index in [9.17, 15) is 0 Å². The molecule has 1 aliphatic heterocycles. The molecule has 210 valence electrons. The van der Waals surface area contributed by atoms with Crippen molar-refractivity contribution in [2.75, 3.05) is 4.90 Å². The van der Waals surface area contributed by atoms with Crippen LogP contribution in [-0.2, 0) is 5.41 Å². The Kier molecular flexibility index (Phi) is 8.59. The lowest BCUT2D eigenvalue weighted by atomic mass is 9.78. The number of hydrogen-bond acceptors (Lipinski definition) is 1. The van der Waals surface area contributed by atoms with Crippen LogP contribution in [0.2, 0.25) is 0 Å². The Morgan fingerprint density at radius 1 is 0.643 bits per heavy atom. The van der Waals surface area contributed by atoms with Gasteiger partial charge in [0.25, 0.3) is 0 Å². The van der Waals surface area contributed by atoms with E-state index in [4.69, 9.17) is 0 Å². The summed E-state index contributed by atoms with van der Waals surface area (Å²) in [5.74, 6) is 0. The van der Waals surface area contributed by atoms with Crippen molar-refractivity contribution in [2.45, 2.75) is 46.5 Å². The predicted molar refractivity (Wildman–Crippen MR) is 182 cm³/mol. The molecule has 0 bridgehead atoms. The molecular formula is C41H41N. The largest absolute Gasteiger partial charge is 0.313 e. The van der Waals surface area contributed by atoms with E-state index >= 15 is 0 Å². The van der Waals surface area contributed by atoms with E-state index in [1.165, 1.54) is 61.6 Å². The van der Waals surface area contributed by atoms with Gasteiger partial charge in [-0.2, -0.15) is 0 Å². The van der Waals surface area contributed by atoms with E-state index in [0.717, 1.165) is 6.42 Å². The average molecular weight is 548 g/mol. The molecule has 0 saturated heterocycles. The van der Waals surface area contributed by atoms with Crippen molar-refractivity contribution in [3.8, 4) is 22.3 Å². The van der Waals surface area contributed by atoms with Gasteiger partial charge in [0.05, 0.1) is 0 Å². The van der Waals surface area contributed by atoms with Crippen LogP contribution in [0.4, 0.5) is 11.4 Å². The third-order valence-corrected chi connectivity index (χ3v) is 8.46. The first-order valence-electron chi connectivity index (χ1n) is 14.8. The van der Waals surface area contributed by atoms with Crippen molar-refractivity contribution in [2.24, 2.45) is 0 Å². The molecule has 42 heavy (non-hydrogen) atoms. The molecule has 5 aromatic carbocycles. The summed E-state index contributed by atoms with van der Waals surface area (Å²) < 4.78 is 0. The first kappa shape index (κ1) is 28.9. The molecule has 1 atom stereocenters. The fourth-order valence-electron chi connectivity index (χ4n) is 6.18. The van der Waals surface area contributed by atoms with Crippen molar-refractivity contribution in [3.63, 3.8) is 0 Å². The lowest BCUT2D eigenvalue weighted by molar-refractivity contribution is 0.583. The van der Waals surface area contributed by atoms with Gasteiger partial charge >= 0.3 is 0 Å². The van der Waals surface area contributed by atoms with Crippen LogP contribution in [0.15, 0.2) is 146 Å². The zero-order valence-corrected chi connectivity index (χ0v) is 25.6. The maximum Gasteiger partial charge on any atom is 0.0500 e. The van der Waals surface area contributed by atoms with Crippen molar-refractivity contribution in [1.82, 2.24) is 0 Å². The molecule has 1 heterocycles. The lowest BCUT2D eigenvalue weighted by Crippen LogP contribution is -2.25. The number of anilines is 2. The minimum absolute atomic E-state index is 0.0529. The highest BCUT2D eigenvalue weighted by molar-refractivity contribution is 5.81. The third kappa shape index (κ3) is 5.60. The molecular weight excluding hydrogens is 506 g/mol. The Bertz CT molecular complexity index is 1660. The van der Waals surface area contributed by atoms with Crippen molar-refractivity contribution >= 4 is 11.4 Å². The molecule has 0 aromatic heterocycles. The summed E-state index contributed by atoms with van der Waals surface area (Å²) in [6.45, 7) is 14.9. The van der Waals surface area contributed by atoms with Crippen LogP contribution < -0.4 is 4.90 Å². The highest BCUT2D eigenvalue weighted by Crippen LogP contribution is 2.53. The topological polar surface area (TPSA) is 3.24 Å². The van der Waals surface area contributed by atoms with E-state index in [1.807, 2.05) is 6.08 Å². The monoisotopic (exact) mass is 547 g/mol. The summed E-state index contributed by atoms with van der Waals surface area (Å²) in [6, 6.07) is 43.4. The Hall–Kier alpha value is -4.62. The van der Waals surface area contributed by atoms with Gasteiger partial charge in [-0.25, -0.2) is 0 Å². The summed E-state index contributed by atoms with van der Waals surface area (Å²) in [7, 11) is 0. The van der Waals surface area contributed by atoms with Crippen LogP contribution >= 0.6 is 0 Å². The number of nitrogens with zero attached hydrogens (tertiary/aromatic N) is 1. The first-order valence-corrected chi connectivity index (χ1v) is 14.8. The van der Waals surface area contributed by atoms with E-state index < -0.39 is 0 Å². The average Bonchev–Trinajstić information content (AvgIpc) is 3.26. The second-order valence-electron chi connectivity index (χ2n) is 11.4. The Balaban J connectivity index is 0.000000211. The number of fused-ring (bicyclic) bond motifs is 1. The Labute approximate surface area is 252 Å². The third-order valence-electron chi connectivity index (χ3n) is 8.46. The molecule has 6 rings (SSSR count). The quantitative estimate of drug-likeness (QED) is 0.198. The van der Waals surface area contributed by atoms with Gasteiger partial charge in [0, 0.05) is 22.5 Å². The number of rotatable bonds is 5. The lowest BCUT2D eigenvalue weighted by Gasteiger charge is -2.29. The second-order valence-corrected chi connectivity index (χ2v) is 11.4. The van der Waals surface area contributed by atoms with Gasteiger partial charge in [-0.1, -0.05) is 121 Å². The van der Waals surface area contributed by atoms with E-state index in [1.54, 1.807) is 0 Å². The van der Waals surface area contributed by atoms with Gasteiger partial charge in [0.1, 0.15) is 0 Å². The molecule has 1 heteroatoms. The summed E-state index contributed by atoms with van der Waals surface area (Å²) in [4.78, 5) is 2.40. The predicted octanol–water partition coefficient (Wildman–Crippen LogP) is 11.5. The molecule has 0 fully saturated rings. The van der Waals surface area contributed by atoms with Crippen LogP contribution in [-0.4, -0.2) is 0 Å². The van der Waals surface area contributed by atoms with Crippen LogP contribution in [0.1, 0.15) is 42.5 Å². The van der Waals surface area contributed by atoms with Gasteiger partial charge in [-0.15, -0.1) is 6.58 Å². The summed E-state index contributed by atoms with van der Waals surface area (Å²) in [6.07, 6.45) is 5.20. The number of benzene rings is 5. The Morgan fingerprint density at radius 2 is 1.14 bits per heavy atom. The highest BCUT2D eigenvalue weighted by Gasteiger charge is 2.42. The number of para-hydroxylation sites is 1. The van der Waals surface area contributed by atoms with Gasteiger partial charge in [-0.3, -0.25) is 0 Å². The van der Waals surface area contributed by atoms with Crippen LogP contribution in [0.25, 0.3) is 22.3 Å². The van der Waals surface area contributed by atoms with E-state index in [2.05, 4.69) is 174 Å². The fourth-order valence-corrected chi connectivity index (χ4v) is 6.18. The second kappa shape index (κ2) is 12.5. The normalized spacial score (nSPS) is 16.5. The van der Waals surface area contributed by atoms with Crippen LogP contribution in [0, 0.1) is 20.8 Å². The SMILES string of the molecule is C=CCC1(C)/C(=C\C)N(c2ccc(-c3ccc(C)cc3)cc2)c2ccccc21.Cc1ccccc1-c1ccccc1C. The Morgan fingerprint density at radius 3 is 1.67 bits per heavy atom.